The van der Waals surface area contributed by atoms with Crippen molar-refractivity contribution in [1.82, 2.24) is 15.0 Å². The molecule has 17 heteroatoms. The van der Waals surface area contributed by atoms with Gasteiger partial charge in [-0.15, -0.1) is 5.11 Å². The molecule has 0 amide bonds. The fraction of sp³-hybridized carbons (Fsp3) is 0.250. The molecule has 4 N–H and O–H groups in total. The smallest absolute Gasteiger partial charge is 0.691 e. The SMILES string of the molecule is CCCS(=O)(=O)c1ccc(N=Nc2cc(SOO[O-])c(N)cc2Nc2nc(Cl)nc(NCC)n2)cc1.[Na+]. The molecule has 13 nitrogen and oxygen atoms in total. The number of sulfone groups is 1. The van der Waals surface area contributed by atoms with Crippen molar-refractivity contribution >= 4 is 68.1 Å². The summed E-state index contributed by atoms with van der Waals surface area (Å²) in [6.45, 7) is 4.24. The third kappa shape index (κ3) is 9.01. The molecule has 1 aromatic heterocycles. The second-order valence-electron chi connectivity index (χ2n) is 7.05. The van der Waals surface area contributed by atoms with E-state index in [2.05, 4.69) is 45.2 Å². The van der Waals surface area contributed by atoms with Crippen LogP contribution in [0.3, 0.4) is 0 Å². The Morgan fingerprint density at radius 1 is 1.11 bits per heavy atom. The van der Waals surface area contributed by atoms with Gasteiger partial charge in [-0.3, -0.25) is 5.04 Å². The van der Waals surface area contributed by atoms with Gasteiger partial charge in [0.05, 0.1) is 39.0 Å². The summed E-state index contributed by atoms with van der Waals surface area (Å²) in [5, 5.41) is 27.9. The summed E-state index contributed by atoms with van der Waals surface area (Å²) in [4.78, 5) is 12.8. The Balaban J connectivity index is 0.00000481. The van der Waals surface area contributed by atoms with Gasteiger partial charge in [0.15, 0.2) is 9.84 Å². The van der Waals surface area contributed by atoms with Crippen molar-refractivity contribution in [3.63, 3.8) is 0 Å². The monoisotopic (exact) mass is 576 g/mol. The second-order valence-corrected chi connectivity index (χ2v) is 10.2. The van der Waals surface area contributed by atoms with Gasteiger partial charge >= 0.3 is 29.6 Å². The van der Waals surface area contributed by atoms with Gasteiger partial charge in [0.25, 0.3) is 0 Å². The fourth-order valence-corrected chi connectivity index (χ4v) is 4.77. The summed E-state index contributed by atoms with van der Waals surface area (Å²) in [5.74, 6) is 0.440. The van der Waals surface area contributed by atoms with Crippen LogP contribution >= 0.6 is 23.6 Å². The average Bonchev–Trinajstić information content (AvgIpc) is 2.83. The van der Waals surface area contributed by atoms with Crippen LogP contribution in [-0.2, 0) is 19.2 Å². The maximum Gasteiger partial charge on any atom is 1.00 e. The molecule has 0 aliphatic carbocycles. The van der Waals surface area contributed by atoms with Gasteiger partial charge in [0, 0.05) is 12.2 Å². The van der Waals surface area contributed by atoms with Gasteiger partial charge in [-0.25, -0.2) is 8.42 Å². The summed E-state index contributed by atoms with van der Waals surface area (Å²) in [7, 11) is -3.35. The number of nitrogens with two attached hydrogens (primary N) is 1. The zero-order valence-electron chi connectivity index (χ0n) is 20.1. The Labute approximate surface area is 244 Å². The molecule has 2 aromatic carbocycles. The molecule has 0 bridgehead atoms. The van der Waals surface area contributed by atoms with Crippen molar-refractivity contribution < 1.29 is 52.6 Å². The molecule has 0 aliphatic heterocycles. The van der Waals surface area contributed by atoms with Gasteiger partial charge in [-0.1, -0.05) is 6.92 Å². The van der Waals surface area contributed by atoms with Crippen LogP contribution in [0, 0.1) is 0 Å². The molecule has 1 heterocycles. The minimum atomic E-state index is -3.35. The summed E-state index contributed by atoms with van der Waals surface area (Å²) >= 11 is 6.59. The molecule has 3 aromatic rings. The van der Waals surface area contributed by atoms with Crippen molar-refractivity contribution in [2.45, 2.75) is 30.1 Å². The maximum absolute atomic E-state index is 12.2. The van der Waals surface area contributed by atoms with E-state index in [1.807, 2.05) is 6.92 Å². The standard InChI is InChI=1S/C20H23ClN8O5S2.Na/c1-3-9-36(31,32)13-7-5-12(6-8-13)28-29-16-11-17(35-34-33-30)14(22)10-15(16)24-20-26-18(21)25-19(27-20)23-4-2;/h5-8,10-11,30H,3-4,9,22H2,1-2H3,(H2,23,24,25,26,27);/q;+1/p-1. The molecule has 3 rings (SSSR count). The Bertz CT molecular complexity index is 1330. The van der Waals surface area contributed by atoms with Gasteiger partial charge < -0.3 is 21.6 Å². The van der Waals surface area contributed by atoms with E-state index in [1.165, 1.54) is 36.4 Å². The maximum atomic E-state index is 12.2. The zero-order valence-corrected chi connectivity index (χ0v) is 24.5. The Hall–Kier alpha value is -2.08. The first kappa shape index (κ1) is 31.1. The normalized spacial score (nSPS) is 11.4. The molecular formula is C20H22ClN8NaO5S2. The first-order valence-electron chi connectivity index (χ1n) is 10.5. The first-order valence-corrected chi connectivity index (χ1v) is 13.3. The molecule has 0 saturated carbocycles. The Kier molecular flexibility index (Phi) is 12.4. The van der Waals surface area contributed by atoms with Crippen molar-refractivity contribution in [3.05, 3.63) is 41.7 Å². The molecule has 0 fully saturated rings. The van der Waals surface area contributed by atoms with Crippen LogP contribution in [0.2, 0.25) is 5.28 Å². The number of hydrogen-bond acceptors (Lipinski definition) is 14. The van der Waals surface area contributed by atoms with Crippen molar-refractivity contribution in [3.8, 4) is 0 Å². The van der Waals surface area contributed by atoms with E-state index in [0.29, 0.717) is 41.3 Å². The number of aromatic nitrogens is 3. The summed E-state index contributed by atoms with van der Waals surface area (Å²) in [6, 6.07) is 9.02. The molecule has 0 saturated heterocycles. The number of nitrogen functional groups attached to an aromatic ring is 1. The number of hydrogen-bond donors (Lipinski definition) is 3. The van der Waals surface area contributed by atoms with E-state index in [1.54, 1.807) is 6.92 Å². The quantitative estimate of drug-likeness (QED) is 0.0696. The molecule has 0 atom stereocenters. The largest absolute Gasteiger partial charge is 1.00 e. The number of nitrogens with zero attached hydrogens (tertiary/aromatic N) is 5. The number of anilines is 4. The summed E-state index contributed by atoms with van der Waals surface area (Å²) < 4.78 is 28.8. The number of benzene rings is 2. The third-order valence-electron chi connectivity index (χ3n) is 4.41. The minimum Gasteiger partial charge on any atom is -0.691 e. The summed E-state index contributed by atoms with van der Waals surface area (Å²) in [5.41, 5.74) is 7.32. The van der Waals surface area contributed by atoms with Crippen LogP contribution in [0.15, 0.2) is 56.4 Å². The second kappa shape index (κ2) is 14.8. The number of azo groups is 1. The number of halogens is 1. The van der Waals surface area contributed by atoms with Crippen LogP contribution in [-0.4, -0.2) is 35.7 Å². The van der Waals surface area contributed by atoms with Gasteiger partial charge in [-0.05, 0) is 61.3 Å². The zero-order chi connectivity index (χ0) is 26.1. The van der Waals surface area contributed by atoms with Crippen molar-refractivity contribution in [2.75, 3.05) is 28.7 Å². The number of nitrogens with one attached hydrogen (secondary N) is 2. The van der Waals surface area contributed by atoms with Crippen LogP contribution in [0.1, 0.15) is 20.3 Å². The van der Waals surface area contributed by atoms with Crippen molar-refractivity contribution in [1.29, 1.82) is 0 Å². The van der Waals surface area contributed by atoms with Crippen LogP contribution in [0.25, 0.3) is 0 Å². The van der Waals surface area contributed by atoms with Gasteiger partial charge in [0.1, 0.15) is 5.69 Å². The van der Waals surface area contributed by atoms with E-state index < -0.39 is 9.84 Å². The topological polar surface area (TPSA) is 189 Å². The van der Waals surface area contributed by atoms with E-state index in [9.17, 15) is 13.7 Å². The molecule has 0 unspecified atom stereocenters. The number of rotatable bonds is 12. The fourth-order valence-electron chi connectivity index (χ4n) is 2.87. The predicted octanol–water partition coefficient (Wildman–Crippen LogP) is 1.12. The van der Waals surface area contributed by atoms with Crippen molar-refractivity contribution in [2.24, 2.45) is 10.2 Å². The molecule has 0 spiro atoms. The summed E-state index contributed by atoms with van der Waals surface area (Å²) in [6.07, 6.45) is 0.514. The van der Waals surface area contributed by atoms with Gasteiger partial charge in [-0.2, -0.15) is 24.4 Å². The molecule has 0 radical (unpaired) electrons. The third-order valence-corrected chi connectivity index (χ3v) is 7.17. The van der Waals surface area contributed by atoms with Crippen LogP contribution in [0.5, 0.6) is 0 Å². The predicted molar refractivity (Wildman–Crippen MR) is 134 cm³/mol. The van der Waals surface area contributed by atoms with Gasteiger partial charge in [0.2, 0.25) is 17.2 Å². The van der Waals surface area contributed by atoms with Crippen LogP contribution in [0.4, 0.5) is 34.6 Å². The molecular weight excluding hydrogens is 555 g/mol. The first-order chi connectivity index (χ1) is 17.2. The van der Waals surface area contributed by atoms with E-state index >= 15 is 0 Å². The minimum absolute atomic E-state index is 0. The van der Waals surface area contributed by atoms with Crippen LogP contribution < -0.4 is 51.2 Å². The Morgan fingerprint density at radius 3 is 2.46 bits per heavy atom. The van der Waals surface area contributed by atoms with E-state index in [4.69, 9.17) is 17.3 Å². The van der Waals surface area contributed by atoms with E-state index in [0.717, 1.165) is 0 Å². The molecule has 37 heavy (non-hydrogen) atoms. The molecule has 192 valence electrons. The molecule has 0 aliphatic rings. The average molecular weight is 577 g/mol. The Morgan fingerprint density at radius 2 is 1.81 bits per heavy atom. The van der Waals surface area contributed by atoms with E-state index in [-0.39, 0.29) is 68.8 Å².